The molecule has 0 saturated heterocycles. The summed E-state index contributed by atoms with van der Waals surface area (Å²) in [5.74, 6) is 0.0973. The molecule has 1 aromatic rings. The molecule has 1 aromatic carbocycles. The highest BCUT2D eigenvalue weighted by Crippen LogP contribution is 2.07. The van der Waals surface area contributed by atoms with Gasteiger partial charge in [0, 0.05) is 5.75 Å². The van der Waals surface area contributed by atoms with E-state index in [2.05, 4.69) is 0 Å². The Morgan fingerprint density at radius 2 is 1.87 bits per heavy atom. The van der Waals surface area contributed by atoms with Crippen LogP contribution in [0.4, 0.5) is 0 Å². The zero-order valence-corrected chi connectivity index (χ0v) is 9.57. The molecular formula is C10H15BO3S. The number of benzene rings is 1. The van der Waals surface area contributed by atoms with E-state index in [0.29, 0.717) is 6.32 Å². The van der Waals surface area contributed by atoms with Crippen LogP contribution in [0.15, 0.2) is 30.3 Å². The van der Waals surface area contributed by atoms with Crippen LogP contribution in [-0.4, -0.2) is 26.1 Å². The third kappa shape index (κ3) is 5.00. The highest BCUT2D eigenvalue weighted by molar-refractivity contribution is 7.90. The largest absolute Gasteiger partial charge is 0.451 e. The molecule has 0 atom stereocenters. The van der Waals surface area contributed by atoms with Gasteiger partial charge in [-0.25, -0.2) is 8.42 Å². The van der Waals surface area contributed by atoms with E-state index in [1.54, 1.807) is 19.0 Å². The Labute approximate surface area is 91.2 Å². The number of rotatable bonds is 5. The van der Waals surface area contributed by atoms with Crippen molar-refractivity contribution in [2.45, 2.75) is 18.9 Å². The molecule has 15 heavy (non-hydrogen) atoms. The maximum absolute atomic E-state index is 11.6. The van der Waals surface area contributed by atoms with Crippen molar-refractivity contribution in [1.82, 2.24) is 0 Å². The first kappa shape index (κ1) is 12.3. The van der Waals surface area contributed by atoms with Crippen molar-refractivity contribution < 1.29 is 13.4 Å². The van der Waals surface area contributed by atoms with Crippen LogP contribution in [0.1, 0.15) is 5.56 Å². The smallest absolute Gasteiger partial charge is 0.286 e. The van der Waals surface area contributed by atoms with Gasteiger partial charge in [0.2, 0.25) is 0 Å². The van der Waals surface area contributed by atoms with Gasteiger partial charge >= 0.3 is 0 Å². The molecule has 1 rings (SSSR count). The van der Waals surface area contributed by atoms with E-state index in [0.717, 1.165) is 5.56 Å². The fourth-order valence-electron chi connectivity index (χ4n) is 1.25. The molecule has 0 aliphatic heterocycles. The molecule has 82 valence electrons. The predicted molar refractivity (Wildman–Crippen MR) is 62.6 cm³/mol. The van der Waals surface area contributed by atoms with Crippen LogP contribution in [-0.2, 0) is 15.6 Å². The maximum Gasteiger partial charge on any atom is 0.286 e. The van der Waals surface area contributed by atoms with Gasteiger partial charge in [0.25, 0.3) is 6.92 Å². The van der Waals surface area contributed by atoms with E-state index in [1.807, 2.05) is 18.2 Å². The van der Waals surface area contributed by atoms with E-state index in [-0.39, 0.29) is 11.5 Å². The second-order valence-corrected chi connectivity index (χ2v) is 5.90. The summed E-state index contributed by atoms with van der Waals surface area (Å²) in [6.45, 7) is 1.04. The SMILES string of the molecule is CB(O)CCS(=O)(=O)Cc1ccccc1. The van der Waals surface area contributed by atoms with Gasteiger partial charge in [0.1, 0.15) is 0 Å². The first-order chi connectivity index (χ1) is 6.99. The fourth-order valence-corrected chi connectivity index (χ4v) is 2.80. The Balaban J connectivity index is 2.57. The lowest BCUT2D eigenvalue weighted by Gasteiger charge is -2.04. The molecule has 0 heterocycles. The highest BCUT2D eigenvalue weighted by atomic mass is 32.2. The van der Waals surface area contributed by atoms with Crippen LogP contribution in [0.2, 0.25) is 13.1 Å². The summed E-state index contributed by atoms with van der Waals surface area (Å²) in [7, 11) is -3.09. The average molecular weight is 226 g/mol. The molecule has 5 heteroatoms. The number of hydrogen-bond acceptors (Lipinski definition) is 3. The lowest BCUT2D eigenvalue weighted by molar-refractivity contribution is 0.573. The van der Waals surface area contributed by atoms with Gasteiger partial charge in [-0.3, -0.25) is 0 Å². The van der Waals surface area contributed by atoms with Gasteiger partial charge in [-0.2, -0.15) is 0 Å². The minimum Gasteiger partial charge on any atom is -0.451 e. The van der Waals surface area contributed by atoms with Crippen molar-refractivity contribution >= 4 is 16.8 Å². The van der Waals surface area contributed by atoms with Gasteiger partial charge < -0.3 is 5.02 Å². The average Bonchev–Trinajstić information content (AvgIpc) is 2.16. The molecule has 0 radical (unpaired) electrons. The summed E-state index contributed by atoms with van der Waals surface area (Å²) < 4.78 is 23.2. The summed E-state index contributed by atoms with van der Waals surface area (Å²) in [5, 5.41) is 9.02. The van der Waals surface area contributed by atoms with Crippen molar-refractivity contribution in [2.75, 3.05) is 5.75 Å². The minimum absolute atomic E-state index is 0.0412. The Bertz CT molecular complexity index is 386. The molecule has 3 nitrogen and oxygen atoms in total. The summed E-state index contributed by atoms with van der Waals surface area (Å²) in [5.41, 5.74) is 0.795. The molecule has 0 spiro atoms. The normalized spacial score (nSPS) is 11.3. The van der Waals surface area contributed by atoms with Crippen LogP contribution < -0.4 is 0 Å². The van der Waals surface area contributed by atoms with Gasteiger partial charge in [-0.15, -0.1) is 0 Å². The lowest BCUT2D eigenvalue weighted by Crippen LogP contribution is -2.15. The van der Waals surface area contributed by atoms with Gasteiger partial charge in [0.05, 0.1) is 5.75 Å². The molecule has 0 fully saturated rings. The Kier molecular flexibility index (Phi) is 4.35. The third-order valence-electron chi connectivity index (χ3n) is 2.08. The molecule has 0 saturated carbocycles. The zero-order valence-electron chi connectivity index (χ0n) is 8.76. The third-order valence-corrected chi connectivity index (χ3v) is 3.71. The Morgan fingerprint density at radius 1 is 1.27 bits per heavy atom. The van der Waals surface area contributed by atoms with Crippen molar-refractivity contribution in [3.63, 3.8) is 0 Å². The van der Waals surface area contributed by atoms with Crippen LogP contribution in [0.3, 0.4) is 0 Å². The van der Waals surface area contributed by atoms with Gasteiger partial charge in [0.15, 0.2) is 9.84 Å². The summed E-state index contributed by atoms with van der Waals surface area (Å²) in [4.78, 5) is 0. The van der Waals surface area contributed by atoms with Gasteiger partial charge in [-0.1, -0.05) is 37.2 Å². The van der Waals surface area contributed by atoms with E-state index >= 15 is 0 Å². The second-order valence-electron chi connectivity index (χ2n) is 3.72. The molecule has 0 unspecified atom stereocenters. The van der Waals surface area contributed by atoms with Crippen molar-refractivity contribution in [1.29, 1.82) is 0 Å². The molecule has 0 aliphatic rings. The Hall–Kier alpha value is -0.805. The van der Waals surface area contributed by atoms with Crippen LogP contribution in [0, 0.1) is 0 Å². The van der Waals surface area contributed by atoms with E-state index in [9.17, 15) is 8.42 Å². The number of sulfone groups is 1. The molecule has 1 N–H and O–H groups in total. The summed E-state index contributed by atoms with van der Waals surface area (Å²) in [6.07, 6.45) is 0.301. The minimum atomic E-state index is -3.09. The van der Waals surface area contributed by atoms with Crippen LogP contribution in [0.25, 0.3) is 0 Å². The van der Waals surface area contributed by atoms with Crippen molar-refractivity contribution in [3.8, 4) is 0 Å². The molecule has 0 aliphatic carbocycles. The fraction of sp³-hybridized carbons (Fsp3) is 0.400. The van der Waals surface area contributed by atoms with Crippen molar-refractivity contribution in [3.05, 3.63) is 35.9 Å². The highest BCUT2D eigenvalue weighted by Gasteiger charge is 2.14. The molecule has 0 bridgehead atoms. The molecular weight excluding hydrogens is 211 g/mol. The molecule has 0 aromatic heterocycles. The van der Waals surface area contributed by atoms with Crippen molar-refractivity contribution in [2.24, 2.45) is 0 Å². The summed E-state index contributed by atoms with van der Waals surface area (Å²) in [6, 6.07) is 9.07. The quantitative estimate of drug-likeness (QED) is 0.768. The summed E-state index contributed by atoms with van der Waals surface area (Å²) >= 11 is 0. The standard InChI is InChI=1S/C10H15BO3S/c1-11(12)7-8-15(13,14)9-10-5-3-2-4-6-10/h2-6,12H,7-9H2,1H3. The zero-order chi connectivity index (χ0) is 11.3. The van der Waals surface area contributed by atoms with E-state index in [4.69, 9.17) is 5.02 Å². The first-order valence-electron chi connectivity index (χ1n) is 4.92. The van der Waals surface area contributed by atoms with Gasteiger partial charge in [-0.05, 0) is 11.9 Å². The maximum atomic E-state index is 11.6. The number of hydrogen-bond donors (Lipinski definition) is 1. The monoisotopic (exact) mass is 226 g/mol. The van der Waals surface area contributed by atoms with Crippen LogP contribution >= 0.6 is 0 Å². The molecule has 0 amide bonds. The topological polar surface area (TPSA) is 54.4 Å². The van der Waals surface area contributed by atoms with E-state index < -0.39 is 16.8 Å². The van der Waals surface area contributed by atoms with Crippen LogP contribution in [0.5, 0.6) is 0 Å². The lowest BCUT2D eigenvalue weighted by atomic mass is 9.69. The second kappa shape index (κ2) is 5.33. The van der Waals surface area contributed by atoms with E-state index in [1.165, 1.54) is 0 Å². The Morgan fingerprint density at radius 3 is 2.40 bits per heavy atom. The first-order valence-corrected chi connectivity index (χ1v) is 6.74. The predicted octanol–water partition coefficient (Wildman–Crippen LogP) is 1.22.